The summed E-state index contributed by atoms with van der Waals surface area (Å²) >= 11 is 1.60. The van der Waals surface area contributed by atoms with E-state index in [2.05, 4.69) is 5.32 Å². The molecule has 4 nitrogen and oxygen atoms in total. The lowest BCUT2D eigenvalue weighted by Crippen LogP contribution is -2.43. The van der Waals surface area contributed by atoms with Crippen molar-refractivity contribution in [1.29, 1.82) is 0 Å². The number of amides is 1. The highest BCUT2D eigenvalue weighted by Gasteiger charge is 2.38. The summed E-state index contributed by atoms with van der Waals surface area (Å²) in [7, 11) is 0. The van der Waals surface area contributed by atoms with Crippen molar-refractivity contribution in [2.75, 3.05) is 6.61 Å². The van der Waals surface area contributed by atoms with Crippen molar-refractivity contribution >= 4 is 23.2 Å². The lowest BCUT2D eigenvalue weighted by Gasteiger charge is -2.27. The van der Waals surface area contributed by atoms with Gasteiger partial charge in [-0.3, -0.25) is 9.59 Å². The van der Waals surface area contributed by atoms with E-state index in [0.29, 0.717) is 6.54 Å². The minimum Gasteiger partial charge on any atom is -0.465 e. The third-order valence-corrected chi connectivity index (χ3v) is 3.98. The van der Waals surface area contributed by atoms with Crippen molar-refractivity contribution in [3.8, 4) is 0 Å². The first-order valence-electron chi connectivity index (χ1n) is 6.73. The molecule has 5 heteroatoms. The number of aryl methyl sites for hydroxylation is 1. The zero-order valence-electron chi connectivity index (χ0n) is 12.8. The van der Waals surface area contributed by atoms with Crippen molar-refractivity contribution in [2.24, 2.45) is 11.3 Å². The van der Waals surface area contributed by atoms with Crippen molar-refractivity contribution in [3.05, 3.63) is 21.9 Å². The van der Waals surface area contributed by atoms with Crippen molar-refractivity contribution in [3.63, 3.8) is 0 Å². The monoisotopic (exact) mass is 297 g/mol. The molecule has 20 heavy (non-hydrogen) atoms. The predicted molar refractivity (Wildman–Crippen MR) is 80.5 cm³/mol. The molecule has 0 aliphatic heterocycles. The van der Waals surface area contributed by atoms with Crippen LogP contribution in [0.25, 0.3) is 0 Å². The lowest BCUT2D eigenvalue weighted by molar-refractivity contribution is -0.156. The quantitative estimate of drug-likeness (QED) is 0.671. The van der Waals surface area contributed by atoms with Crippen LogP contribution >= 0.6 is 11.3 Å². The fourth-order valence-corrected chi connectivity index (χ4v) is 2.79. The van der Waals surface area contributed by atoms with Gasteiger partial charge in [0, 0.05) is 6.54 Å². The van der Waals surface area contributed by atoms with E-state index in [9.17, 15) is 9.59 Å². The summed E-state index contributed by atoms with van der Waals surface area (Å²) in [5, 5.41) is 6.88. The molecule has 1 aromatic heterocycles. The topological polar surface area (TPSA) is 55.4 Å². The normalized spacial score (nSPS) is 12.8. The maximum atomic E-state index is 12.3. The number of carbonyl (C=O) groups excluding carboxylic acids is 2. The Bertz CT molecular complexity index is 474. The molecule has 0 aliphatic carbocycles. The van der Waals surface area contributed by atoms with E-state index in [-0.39, 0.29) is 12.5 Å². The van der Waals surface area contributed by atoms with Gasteiger partial charge >= 0.3 is 5.97 Å². The average molecular weight is 297 g/mol. The number of carbonyl (C=O) groups is 2. The van der Waals surface area contributed by atoms with Gasteiger partial charge in [-0.15, -0.1) is 0 Å². The van der Waals surface area contributed by atoms with E-state index in [4.69, 9.17) is 4.74 Å². The second kappa shape index (κ2) is 6.88. The van der Waals surface area contributed by atoms with Gasteiger partial charge in [0.15, 0.2) is 0 Å². The van der Waals surface area contributed by atoms with E-state index < -0.39 is 17.3 Å². The Hall–Kier alpha value is -1.36. The Kier molecular flexibility index (Phi) is 5.74. The summed E-state index contributed by atoms with van der Waals surface area (Å²) in [6, 6.07) is 0. The Labute approximate surface area is 124 Å². The van der Waals surface area contributed by atoms with Crippen molar-refractivity contribution in [2.45, 2.75) is 41.2 Å². The zero-order valence-corrected chi connectivity index (χ0v) is 13.6. The minimum absolute atomic E-state index is 0.276. The Morgan fingerprint density at radius 1 is 1.35 bits per heavy atom. The second-order valence-electron chi connectivity index (χ2n) is 5.85. The first-order valence-corrected chi connectivity index (χ1v) is 7.67. The average Bonchev–Trinajstić information content (AvgIpc) is 2.71. The molecular weight excluding hydrogens is 274 g/mol. The molecule has 0 aromatic carbocycles. The van der Waals surface area contributed by atoms with Gasteiger partial charge in [0.05, 0.1) is 6.61 Å². The van der Waals surface area contributed by atoms with Crippen LogP contribution in [-0.4, -0.2) is 18.5 Å². The Morgan fingerprint density at radius 3 is 2.45 bits per heavy atom. The van der Waals surface area contributed by atoms with E-state index in [1.165, 1.54) is 0 Å². The van der Waals surface area contributed by atoms with E-state index in [0.717, 1.165) is 11.1 Å². The van der Waals surface area contributed by atoms with Gasteiger partial charge in [0.2, 0.25) is 5.91 Å². The summed E-state index contributed by atoms with van der Waals surface area (Å²) in [5.74, 6) is -1.53. The first kappa shape index (κ1) is 16.7. The second-order valence-corrected chi connectivity index (χ2v) is 6.59. The van der Waals surface area contributed by atoms with Crippen LogP contribution in [0.4, 0.5) is 0 Å². The molecular formula is C15H23NO3S. The molecule has 1 heterocycles. The Morgan fingerprint density at radius 2 is 2.00 bits per heavy atom. The van der Waals surface area contributed by atoms with Gasteiger partial charge < -0.3 is 10.1 Å². The molecule has 0 aliphatic rings. The molecule has 0 saturated heterocycles. The first-order chi connectivity index (χ1) is 9.27. The SMILES string of the molecule is CCOC(=O)C(C(=O)NCc1cscc1C)C(C)(C)C. The van der Waals surface area contributed by atoms with Crippen molar-refractivity contribution < 1.29 is 14.3 Å². The van der Waals surface area contributed by atoms with Crippen LogP contribution in [0.15, 0.2) is 10.8 Å². The van der Waals surface area contributed by atoms with Gasteiger partial charge in [-0.25, -0.2) is 0 Å². The molecule has 112 valence electrons. The smallest absolute Gasteiger partial charge is 0.319 e. The molecule has 1 unspecified atom stereocenters. The third-order valence-electron chi connectivity index (χ3n) is 3.07. The summed E-state index contributed by atoms with van der Waals surface area (Å²) < 4.78 is 5.01. The van der Waals surface area contributed by atoms with E-state index >= 15 is 0 Å². The van der Waals surface area contributed by atoms with Gasteiger partial charge in [0.25, 0.3) is 0 Å². The third kappa shape index (κ3) is 4.34. The number of esters is 1. The summed E-state index contributed by atoms with van der Waals surface area (Å²) in [6.45, 7) is 10.1. The number of rotatable bonds is 5. The van der Waals surface area contributed by atoms with Gasteiger partial charge in [-0.1, -0.05) is 20.8 Å². The molecule has 1 amide bonds. The molecule has 1 rings (SSSR count). The fourth-order valence-electron chi connectivity index (χ4n) is 1.93. The van der Waals surface area contributed by atoms with Crippen LogP contribution in [0.2, 0.25) is 0 Å². The zero-order chi connectivity index (χ0) is 15.3. The molecule has 1 aromatic rings. The molecule has 0 spiro atoms. The van der Waals surface area contributed by atoms with Crippen molar-refractivity contribution in [1.82, 2.24) is 5.32 Å². The number of ether oxygens (including phenoxy) is 1. The molecule has 0 radical (unpaired) electrons. The van der Waals surface area contributed by atoms with Crippen LogP contribution in [-0.2, 0) is 20.9 Å². The summed E-state index contributed by atoms with van der Waals surface area (Å²) in [6.07, 6.45) is 0. The molecule has 1 N–H and O–H groups in total. The minimum atomic E-state index is -0.790. The summed E-state index contributed by atoms with van der Waals surface area (Å²) in [4.78, 5) is 24.3. The Balaban J connectivity index is 2.74. The van der Waals surface area contributed by atoms with Gasteiger partial charge in [-0.05, 0) is 41.1 Å². The fraction of sp³-hybridized carbons (Fsp3) is 0.600. The highest BCUT2D eigenvalue weighted by atomic mass is 32.1. The highest BCUT2D eigenvalue weighted by molar-refractivity contribution is 7.08. The molecule has 0 fully saturated rings. The van der Waals surface area contributed by atoms with Gasteiger partial charge in [-0.2, -0.15) is 11.3 Å². The number of thiophene rings is 1. The maximum absolute atomic E-state index is 12.3. The largest absolute Gasteiger partial charge is 0.465 e. The van der Waals surface area contributed by atoms with Gasteiger partial charge in [0.1, 0.15) is 5.92 Å². The molecule has 0 bridgehead atoms. The maximum Gasteiger partial charge on any atom is 0.319 e. The predicted octanol–water partition coefficient (Wildman–Crippen LogP) is 2.90. The van der Waals surface area contributed by atoms with Crippen LogP contribution in [0.3, 0.4) is 0 Å². The number of nitrogens with one attached hydrogen (secondary N) is 1. The van der Waals surface area contributed by atoms with Crippen LogP contribution in [0.5, 0.6) is 0 Å². The standard InChI is InChI=1S/C15H23NO3S/c1-6-19-14(18)12(15(3,4)5)13(17)16-7-11-9-20-8-10(11)2/h8-9,12H,6-7H2,1-5H3,(H,16,17). The van der Waals surface area contributed by atoms with E-state index in [1.807, 2.05) is 38.5 Å². The van der Waals surface area contributed by atoms with Crippen LogP contribution in [0, 0.1) is 18.3 Å². The summed E-state index contributed by atoms with van der Waals surface area (Å²) in [5.41, 5.74) is 1.76. The number of hydrogen-bond donors (Lipinski definition) is 1. The lowest BCUT2D eigenvalue weighted by atomic mass is 9.80. The van der Waals surface area contributed by atoms with Crippen LogP contribution < -0.4 is 5.32 Å². The van der Waals surface area contributed by atoms with Crippen LogP contribution in [0.1, 0.15) is 38.8 Å². The molecule has 1 atom stereocenters. The highest BCUT2D eigenvalue weighted by Crippen LogP contribution is 2.27. The van der Waals surface area contributed by atoms with E-state index in [1.54, 1.807) is 18.3 Å². The molecule has 0 saturated carbocycles. The number of hydrogen-bond acceptors (Lipinski definition) is 4.